The Labute approximate surface area is 165 Å². The maximum absolute atomic E-state index is 12.8. The van der Waals surface area contributed by atoms with Gasteiger partial charge in [-0.1, -0.05) is 18.1 Å². The summed E-state index contributed by atoms with van der Waals surface area (Å²) in [4.78, 5) is 30.8. The minimum atomic E-state index is 0.0169. The monoisotopic (exact) mass is 384 g/mol. The van der Waals surface area contributed by atoms with Crippen molar-refractivity contribution >= 4 is 11.8 Å². The van der Waals surface area contributed by atoms with Gasteiger partial charge in [0.05, 0.1) is 5.69 Å². The molecule has 1 N–H and O–H groups in total. The highest BCUT2D eigenvalue weighted by Crippen LogP contribution is 2.25. The molecule has 0 saturated carbocycles. The number of carbonyl (C=O) groups excluding carboxylic acids is 2. The van der Waals surface area contributed by atoms with Crippen LogP contribution in [0.1, 0.15) is 60.0 Å². The molecule has 7 nitrogen and oxygen atoms in total. The fourth-order valence-electron chi connectivity index (χ4n) is 3.64. The number of piperidine rings is 1. The number of amides is 2. The Kier molecular flexibility index (Phi) is 6.79. The highest BCUT2D eigenvalue weighted by atomic mass is 16.5. The fourth-order valence-corrected chi connectivity index (χ4v) is 3.64. The van der Waals surface area contributed by atoms with Gasteiger partial charge in [-0.3, -0.25) is 14.6 Å². The molecule has 0 spiro atoms. The summed E-state index contributed by atoms with van der Waals surface area (Å²) in [7, 11) is 0. The first-order valence-corrected chi connectivity index (χ1v) is 9.98. The Morgan fingerprint density at radius 2 is 2.11 bits per heavy atom. The Balaban J connectivity index is 1.41. The number of rotatable bonds is 7. The predicted molar refractivity (Wildman–Crippen MR) is 105 cm³/mol. The molecular weight excluding hydrogens is 356 g/mol. The molecule has 1 saturated heterocycles. The summed E-state index contributed by atoms with van der Waals surface area (Å²) in [5.74, 6) is 1.15. The number of aryl methyl sites for hydroxylation is 2. The lowest BCUT2D eigenvalue weighted by Gasteiger charge is -2.32. The van der Waals surface area contributed by atoms with Gasteiger partial charge < -0.3 is 14.7 Å². The molecule has 0 bridgehead atoms. The third-order valence-electron chi connectivity index (χ3n) is 5.38. The average molecular weight is 384 g/mol. The van der Waals surface area contributed by atoms with Gasteiger partial charge in [0.15, 0.2) is 0 Å². The number of nitrogens with one attached hydrogen (secondary N) is 1. The van der Waals surface area contributed by atoms with Gasteiger partial charge in [0.1, 0.15) is 11.3 Å². The van der Waals surface area contributed by atoms with Crippen molar-refractivity contribution in [3.05, 3.63) is 47.1 Å². The SMILES string of the molecule is CCc1noc(C)c1C(=O)N1CCC(CCC(=O)NCc2cccnc2)CC1. The van der Waals surface area contributed by atoms with Gasteiger partial charge in [0.2, 0.25) is 5.91 Å². The fraction of sp³-hybridized carbons (Fsp3) is 0.524. The number of nitrogens with zero attached hydrogens (tertiary/aromatic N) is 3. The van der Waals surface area contributed by atoms with E-state index in [1.807, 2.05) is 24.0 Å². The largest absolute Gasteiger partial charge is 0.361 e. The Morgan fingerprint density at radius 1 is 1.32 bits per heavy atom. The van der Waals surface area contributed by atoms with E-state index in [0.717, 1.165) is 30.5 Å². The van der Waals surface area contributed by atoms with Crippen LogP contribution in [0.4, 0.5) is 0 Å². The van der Waals surface area contributed by atoms with Crippen molar-refractivity contribution < 1.29 is 14.1 Å². The van der Waals surface area contributed by atoms with Crippen LogP contribution in [0.3, 0.4) is 0 Å². The van der Waals surface area contributed by atoms with Crippen molar-refractivity contribution in [2.24, 2.45) is 5.92 Å². The van der Waals surface area contributed by atoms with Gasteiger partial charge in [0, 0.05) is 38.4 Å². The third kappa shape index (κ3) is 4.97. The number of likely N-dealkylation sites (tertiary alicyclic amines) is 1. The number of aromatic nitrogens is 2. The van der Waals surface area contributed by atoms with Crippen molar-refractivity contribution in [3.63, 3.8) is 0 Å². The number of hydrogen-bond donors (Lipinski definition) is 1. The Hall–Kier alpha value is -2.70. The van der Waals surface area contributed by atoms with E-state index >= 15 is 0 Å². The highest BCUT2D eigenvalue weighted by molar-refractivity contribution is 5.96. The molecule has 28 heavy (non-hydrogen) atoms. The first-order valence-electron chi connectivity index (χ1n) is 9.98. The van der Waals surface area contributed by atoms with Crippen LogP contribution >= 0.6 is 0 Å². The molecule has 1 fully saturated rings. The molecule has 3 rings (SSSR count). The van der Waals surface area contributed by atoms with E-state index in [2.05, 4.69) is 15.5 Å². The smallest absolute Gasteiger partial charge is 0.259 e. The van der Waals surface area contributed by atoms with Crippen LogP contribution in [0.15, 0.2) is 29.0 Å². The van der Waals surface area contributed by atoms with Gasteiger partial charge in [0.25, 0.3) is 5.91 Å². The summed E-state index contributed by atoms with van der Waals surface area (Å²) in [6.45, 7) is 5.70. The number of hydrogen-bond acceptors (Lipinski definition) is 5. The zero-order valence-corrected chi connectivity index (χ0v) is 16.6. The summed E-state index contributed by atoms with van der Waals surface area (Å²) in [5, 5.41) is 6.92. The summed E-state index contributed by atoms with van der Waals surface area (Å²) in [6.07, 6.45) is 7.38. The lowest BCUT2D eigenvalue weighted by atomic mass is 9.91. The molecule has 1 aliphatic heterocycles. The summed E-state index contributed by atoms with van der Waals surface area (Å²) in [6, 6.07) is 3.81. The molecule has 0 aromatic carbocycles. The van der Waals surface area contributed by atoms with Gasteiger partial charge in [-0.15, -0.1) is 0 Å². The van der Waals surface area contributed by atoms with Crippen LogP contribution < -0.4 is 5.32 Å². The van der Waals surface area contributed by atoms with Crippen molar-refractivity contribution in [1.82, 2.24) is 20.4 Å². The van der Waals surface area contributed by atoms with E-state index in [4.69, 9.17) is 4.52 Å². The first kappa shape index (κ1) is 20.0. The van der Waals surface area contributed by atoms with Gasteiger partial charge >= 0.3 is 0 Å². The minimum Gasteiger partial charge on any atom is -0.361 e. The molecule has 2 aromatic heterocycles. The quantitative estimate of drug-likeness (QED) is 0.793. The van der Waals surface area contributed by atoms with Gasteiger partial charge in [-0.25, -0.2) is 0 Å². The zero-order chi connectivity index (χ0) is 19.9. The average Bonchev–Trinajstić information content (AvgIpc) is 3.11. The molecular formula is C21H28N4O3. The minimum absolute atomic E-state index is 0.0169. The molecule has 0 unspecified atom stereocenters. The second kappa shape index (κ2) is 9.48. The van der Waals surface area contributed by atoms with Gasteiger partial charge in [-0.2, -0.15) is 0 Å². The van der Waals surface area contributed by atoms with Crippen LogP contribution in [0.2, 0.25) is 0 Å². The van der Waals surface area contributed by atoms with Crippen molar-refractivity contribution in [3.8, 4) is 0 Å². The van der Waals surface area contributed by atoms with Gasteiger partial charge in [-0.05, 0) is 50.2 Å². The second-order valence-corrected chi connectivity index (χ2v) is 7.33. The maximum Gasteiger partial charge on any atom is 0.259 e. The Morgan fingerprint density at radius 3 is 2.79 bits per heavy atom. The van der Waals surface area contributed by atoms with Crippen LogP contribution in [-0.4, -0.2) is 39.9 Å². The molecule has 3 heterocycles. The summed E-state index contributed by atoms with van der Waals surface area (Å²) < 4.78 is 5.19. The molecule has 2 aromatic rings. The second-order valence-electron chi connectivity index (χ2n) is 7.33. The number of carbonyl (C=O) groups is 2. The standard InChI is InChI=1S/C21H28N4O3/c1-3-18-20(15(2)28-24-18)21(27)25-11-8-16(9-12-25)6-7-19(26)23-14-17-5-4-10-22-13-17/h4-5,10,13,16H,3,6-9,11-12,14H2,1-2H3,(H,23,26). The van der Waals surface area contributed by atoms with E-state index in [-0.39, 0.29) is 11.8 Å². The maximum atomic E-state index is 12.8. The molecule has 0 radical (unpaired) electrons. The zero-order valence-electron chi connectivity index (χ0n) is 16.6. The van der Waals surface area contributed by atoms with E-state index in [9.17, 15) is 9.59 Å². The summed E-state index contributed by atoms with van der Waals surface area (Å²) >= 11 is 0. The lowest BCUT2D eigenvalue weighted by molar-refractivity contribution is -0.121. The van der Waals surface area contributed by atoms with E-state index < -0.39 is 0 Å². The van der Waals surface area contributed by atoms with Crippen molar-refractivity contribution in [2.45, 2.75) is 52.5 Å². The molecule has 0 atom stereocenters. The third-order valence-corrected chi connectivity index (χ3v) is 5.38. The molecule has 7 heteroatoms. The van der Waals surface area contributed by atoms with Crippen LogP contribution in [0, 0.1) is 12.8 Å². The summed E-state index contributed by atoms with van der Waals surface area (Å²) in [5.41, 5.74) is 2.35. The van der Waals surface area contributed by atoms with E-state index in [0.29, 0.717) is 49.7 Å². The van der Waals surface area contributed by atoms with E-state index in [1.54, 1.807) is 19.3 Å². The lowest BCUT2D eigenvalue weighted by Crippen LogP contribution is -2.39. The Bertz CT molecular complexity index is 795. The normalized spacial score (nSPS) is 14.9. The van der Waals surface area contributed by atoms with E-state index in [1.165, 1.54) is 0 Å². The highest BCUT2D eigenvalue weighted by Gasteiger charge is 2.28. The van der Waals surface area contributed by atoms with Crippen LogP contribution in [-0.2, 0) is 17.8 Å². The van der Waals surface area contributed by atoms with Crippen molar-refractivity contribution in [1.29, 1.82) is 0 Å². The van der Waals surface area contributed by atoms with Crippen LogP contribution in [0.5, 0.6) is 0 Å². The number of pyridine rings is 1. The predicted octanol–water partition coefficient (Wildman–Crippen LogP) is 2.89. The van der Waals surface area contributed by atoms with Crippen LogP contribution in [0.25, 0.3) is 0 Å². The molecule has 150 valence electrons. The molecule has 2 amide bonds. The molecule has 1 aliphatic rings. The topological polar surface area (TPSA) is 88.3 Å². The van der Waals surface area contributed by atoms with Crippen molar-refractivity contribution in [2.75, 3.05) is 13.1 Å². The molecule has 0 aliphatic carbocycles. The first-order chi connectivity index (χ1) is 13.6.